The lowest BCUT2D eigenvalue weighted by Gasteiger charge is -2.29. The van der Waals surface area contributed by atoms with E-state index in [4.69, 9.17) is 9.47 Å². The third-order valence-electron chi connectivity index (χ3n) is 4.52. The van der Waals surface area contributed by atoms with E-state index in [0.717, 1.165) is 24.5 Å². The van der Waals surface area contributed by atoms with Gasteiger partial charge in [0, 0.05) is 26.3 Å². The maximum atomic E-state index is 5.73. The van der Waals surface area contributed by atoms with Crippen LogP contribution in [0.15, 0.2) is 36.4 Å². The molecule has 0 bridgehead atoms. The van der Waals surface area contributed by atoms with Crippen molar-refractivity contribution in [3.05, 3.63) is 53.1 Å². The van der Waals surface area contributed by atoms with Crippen molar-refractivity contribution in [3.63, 3.8) is 0 Å². The van der Waals surface area contributed by atoms with Crippen molar-refractivity contribution in [2.24, 2.45) is 0 Å². The van der Waals surface area contributed by atoms with Gasteiger partial charge in [0.05, 0.1) is 19.8 Å². The number of rotatable bonds is 5. The zero-order valence-corrected chi connectivity index (χ0v) is 14.9. The average Bonchev–Trinajstić information content (AvgIpc) is 2.61. The smallest absolute Gasteiger partial charge is 0.161 e. The highest BCUT2D eigenvalue weighted by Gasteiger charge is 2.24. The highest BCUT2D eigenvalue weighted by atomic mass is 16.5. The van der Waals surface area contributed by atoms with Crippen molar-refractivity contribution in [1.82, 2.24) is 5.32 Å². The summed E-state index contributed by atoms with van der Waals surface area (Å²) in [6.07, 6.45) is 1.01. The monoisotopic (exact) mass is 326 g/mol. The summed E-state index contributed by atoms with van der Waals surface area (Å²) in [4.78, 5) is 2.11. The van der Waals surface area contributed by atoms with Crippen LogP contribution in [0.5, 0.6) is 11.5 Å². The van der Waals surface area contributed by atoms with E-state index >= 15 is 0 Å². The van der Waals surface area contributed by atoms with E-state index in [2.05, 4.69) is 60.7 Å². The van der Waals surface area contributed by atoms with Crippen LogP contribution in [-0.2, 0) is 6.42 Å². The molecule has 0 saturated carbocycles. The van der Waals surface area contributed by atoms with E-state index in [0.29, 0.717) is 6.61 Å². The quantitative estimate of drug-likeness (QED) is 0.913. The van der Waals surface area contributed by atoms with Crippen LogP contribution in [0.2, 0.25) is 0 Å². The van der Waals surface area contributed by atoms with E-state index in [1.807, 2.05) is 6.92 Å². The van der Waals surface area contributed by atoms with Crippen LogP contribution < -0.4 is 19.7 Å². The molecule has 24 heavy (non-hydrogen) atoms. The molecule has 1 atom stereocenters. The third-order valence-corrected chi connectivity index (χ3v) is 4.52. The van der Waals surface area contributed by atoms with E-state index in [1.165, 1.54) is 22.4 Å². The lowest BCUT2D eigenvalue weighted by atomic mass is 9.89. The summed E-state index contributed by atoms with van der Waals surface area (Å²) in [7, 11) is 5.81. The van der Waals surface area contributed by atoms with Gasteiger partial charge in [-0.2, -0.15) is 0 Å². The Morgan fingerprint density at radius 2 is 1.88 bits per heavy atom. The molecule has 128 valence electrons. The average molecular weight is 326 g/mol. The van der Waals surface area contributed by atoms with Crippen LogP contribution in [0.1, 0.15) is 29.7 Å². The van der Waals surface area contributed by atoms with Crippen molar-refractivity contribution in [3.8, 4) is 11.5 Å². The molecule has 2 aromatic carbocycles. The summed E-state index contributed by atoms with van der Waals surface area (Å²) in [5.74, 6) is 1.64. The Bertz CT molecular complexity index is 696. The van der Waals surface area contributed by atoms with Crippen LogP contribution in [0, 0.1) is 0 Å². The van der Waals surface area contributed by atoms with Crippen LogP contribution in [-0.4, -0.2) is 34.4 Å². The first-order valence-electron chi connectivity index (χ1n) is 8.48. The predicted octanol–water partition coefficient (Wildman–Crippen LogP) is 3.40. The third kappa shape index (κ3) is 3.20. The highest BCUT2D eigenvalue weighted by molar-refractivity contribution is 5.53. The molecule has 1 aliphatic rings. The van der Waals surface area contributed by atoms with Gasteiger partial charge in [-0.15, -0.1) is 0 Å². The molecule has 0 unspecified atom stereocenters. The molecular formula is C20H26N2O2. The molecule has 1 N–H and O–H groups in total. The molecule has 0 aliphatic carbocycles. The Balaban J connectivity index is 1.98. The number of ether oxygens (including phenoxy) is 2. The van der Waals surface area contributed by atoms with Gasteiger partial charge in [0.25, 0.3) is 0 Å². The SMILES string of the molecule is CCOc1cc2c(cc1OC)[C@@H](c1ccc(N(C)C)cc1)NCC2. The minimum absolute atomic E-state index is 0.189. The summed E-state index contributed by atoms with van der Waals surface area (Å²) in [6.45, 7) is 3.60. The molecule has 1 heterocycles. The van der Waals surface area contributed by atoms with E-state index in [9.17, 15) is 0 Å². The molecule has 4 heteroatoms. The van der Waals surface area contributed by atoms with Gasteiger partial charge in [-0.3, -0.25) is 0 Å². The molecule has 3 rings (SSSR count). The van der Waals surface area contributed by atoms with Crippen LogP contribution >= 0.6 is 0 Å². The standard InChI is InChI=1S/C20H26N2O2/c1-5-24-19-12-15-10-11-21-20(17(15)13-18(19)23-4)14-6-8-16(9-7-14)22(2)3/h6-9,12-13,20-21H,5,10-11H2,1-4H3/t20-/m1/s1. The van der Waals surface area contributed by atoms with Gasteiger partial charge in [0.2, 0.25) is 0 Å². The Morgan fingerprint density at radius 1 is 1.12 bits per heavy atom. The molecule has 2 aromatic rings. The van der Waals surface area contributed by atoms with Crippen LogP contribution in [0.3, 0.4) is 0 Å². The number of benzene rings is 2. The second kappa shape index (κ2) is 7.14. The van der Waals surface area contributed by atoms with Crippen molar-refractivity contribution >= 4 is 5.69 Å². The van der Waals surface area contributed by atoms with E-state index in [-0.39, 0.29) is 6.04 Å². The summed E-state index contributed by atoms with van der Waals surface area (Å²) in [6, 6.07) is 13.2. The van der Waals surface area contributed by atoms with Crippen molar-refractivity contribution in [1.29, 1.82) is 0 Å². The van der Waals surface area contributed by atoms with E-state index in [1.54, 1.807) is 7.11 Å². The molecule has 0 aromatic heterocycles. The van der Waals surface area contributed by atoms with Gasteiger partial charge in [-0.1, -0.05) is 12.1 Å². The summed E-state index contributed by atoms with van der Waals surface area (Å²) in [5.41, 5.74) is 5.09. The van der Waals surface area contributed by atoms with Gasteiger partial charge in [0.1, 0.15) is 0 Å². The Labute approximate surface area is 144 Å². The Morgan fingerprint density at radius 3 is 2.50 bits per heavy atom. The number of nitrogens with one attached hydrogen (secondary N) is 1. The molecule has 0 radical (unpaired) electrons. The first kappa shape index (κ1) is 16.7. The molecule has 0 amide bonds. The minimum atomic E-state index is 0.189. The molecular weight excluding hydrogens is 300 g/mol. The zero-order valence-electron chi connectivity index (χ0n) is 14.9. The number of hydrogen-bond donors (Lipinski definition) is 1. The van der Waals surface area contributed by atoms with Crippen molar-refractivity contribution in [2.75, 3.05) is 39.3 Å². The van der Waals surface area contributed by atoms with Gasteiger partial charge in [0.15, 0.2) is 11.5 Å². The molecule has 1 aliphatic heterocycles. The Hall–Kier alpha value is -2.20. The number of hydrogen-bond acceptors (Lipinski definition) is 4. The second-order valence-corrected chi connectivity index (χ2v) is 6.26. The molecule has 0 fully saturated rings. The highest BCUT2D eigenvalue weighted by Crippen LogP contribution is 2.37. The summed E-state index contributed by atoms with van der Waals surface area (Å²) < 4.78 is 11.3. The largest absolute Gasteiger partial charge is 0.493 e. The van der Waals surface area contributed by atoms with Crippen molar-refractivity contribution < 1.29 is 9.47 Å². The maximum Gasteiger partial charge on any atom is 0.161 e. The fourth-order valence-electron chi connectivity index (χ4n) is 3.25. The van der Waals surface area contributed by atoms with Crippen LogP contribution in [0.4, 0.5) is 5.69 Å². The predicted molar refractivity (Wildman–Crippen MR) is 98.5 cm³/mol. The summed E-state index contributed by atoms with van der Waals surface area (Å²) in [5, 5.41) is 3.63. The molecule has 4 nitrogen and oxygen atoms in total. The lowest BCUT2D eigenvalue weighted by molar-refractivity contribution is 0.309. The van der Waals surface area contributed by atoms with Gasteiger partial charge < -0.3 is 19.7 Å². The number of fused-ring (bicyclic) bond motifs is 1. The van der Waals surface area contributed by atoms with Gasteiger partial charge in [-0.25, -0.2) is 0 Å². The fraction of sp³-hybridized carbons (Fsp3) is 0.400. The number of nitrogens with zero attached hydrogens (tertiary/aromatic N) is 1. The second-order valence-electron chi connectivity index (χ2n) is 6.26. The topological polar surface area (TPSA) is 33.7 Å². The molecule has 0 spiro atoms. The number of methoxy groups -OCH3 is 1. The Kier molecular flexibility index (Phi) is 4.95. The maximum absolute atomic E-state index is 5.73. The van der Waals surface area contributed by atoms with Gasteiger partial charge >= 0.3 is 0 Å². The zero-order chi connectivity index (χ0) is 17.1. The normalized spacial score (nSPS) is 16.4. The molecule has 0 saturated heterocycles. The lowest BCUT2D eigenvalue weighted by Crippen LogP contribution is -2.30. The fourth-order valence-corrected chi connectivity index (χ4v) is 3.25. The first-order chi connectivity index (χ1) is 11.6. The minimum Gasteiger partial charge on any atom is -0.493 e. The van der Waals surface area contributed by atoms with E-state index < -0.39 is 0 Å². The number of anilines is 1. The van der Waals surface area contributed by atoms with Crippen LogP contribution in [0.25, 0.3) is 0 Å². The first-order valence-corrected chi connectivity index (χ1v) is 8.48. The van der Waals surface area contributed by atoms with Crippen molar-refractivity contribution in [2.45, 2.75) is 19.4 Å². The van der Waals surface area contributed by atoms with Gasteiger partial charge in [-0.05, 0) is 54.3 Å². The summed E-state index contributed by atoms with van der Waals surface area (Å²) >= 11 is 0.